The van der Waals surface area contributed by atoms with Crippen LogP contribution in [-0.2, 0) is 0 Å². The van der Waals surface area contributed by atoms with E-state index < -0.39 is 0 Å². The van der Waals surface area contributed by atoms with Gasteiger partial charge in [0.2, 0.25) is 0 Å². The van der Waals surface area contributed by atoms with Crippen LogP contribution in [0.3, 0.4) is 0 Å². The molecule has 0 saturated carbocycles. The standard InChI is InChI=1S/C22H17Cl2FN2O/c1-28-22-5-3-2-4-17(22)20-13-19(14-6-9-16(25)10-7-14)26-27(20)21-12-15(23)8-11-18(21)24/h2-12,20H,13H2,1H3. The molecule has 28 heavy (non-hydrogen) atoms. The fourth-order valence-electron chi connectivity index (χ4n) is 3.39. The summed E-state index contributed by atoms with van der Waals surface area (Å²) in [6.45, 7) is 0. The molecule has 0 spiro atoms. The van der Waals surface area contributed by atoms with Crippen molar-refractivity contribution in [1.29, 1.82) is 0 Å². The van der Waals surface area contributed by atoms with E-state index in [0.717, 1.165) is 22.6 Å². The Kier molecular flexibility index (Phi) is 5.25. The minimum Gasteiger partial charge on any atom is -0.496 e. The van der Waals surface area contributed by atoms with Gasteiger partial charge < -0.3 is 4.74 Å². The van der Waals surface area contributed by atoms with Crippen molar-refractivity contribution in [3.63, 3.8) is 0 Å². The number of halogens is 3. The Morgan fingerprint density at radius 3 is 2.54 bits per heavy atom. The van der Waals surface area contributed by atoms with E-state index in [1.165, 1.54) is 12.1 Å². The Morgan fingerprint density at radius 1 is 1.04 bits per heavy atom. The van der Waals surface area contributed by atoms with Crippen molar-refractivity contribution in [2.75, 3.05) is 12.1 Å². The number of anilines is 1. The summed E-state index contributed by atoms with van der Waals surface area (Å²) in [5.74, 6) is 0.490. The molecule has 3 aromatic rings. The van der Waals surface area contributed by atoms with E-state index in [1.807, 2.05) is 29.3 Å². The monoisotopic (exact) mass is 414 g/mol. The first-order valence-corrected chi connectivity index (χ1v) is 9.53. The molecule has 4 rings (SSSR count). The summed E-state index contributed by atoms with van der Waals surface area (Å²) in [6, 6.07) is 19.3. The lowest BCUT2D eigenvalue weighted by Crippen LogP contribution is -2.19. The number of rotatable bonds is 4. The zero-order valence-electron chi connectivity index (χ0n) is 15.1. The van der Waals surface area contributed by atoms with Gasteiger partial charge in [0.15, 0.2) is 0 Å². The van der Waals surface area contributed by atoms with Gasteiger partial charge in [-0.2, -0.15) is 5.10 Å². The van der Waals surface area contributed by atoms with Gasteiger partial charge in [-0.15, -0.1) is 0 Å². The van der Waals surface area contributed by atoms with Gasteiger partial charge in [-0.25, -0.2) is 4.39 Å². The van der Waals surface area contributed by atoms with Gasteiger partial charge in [0.1, 0.15) is 11.6 Å². The van der Waals surface area contributed by atoms with Crippen molar-refractivity contribution in [3.05, 3.63) is 93.7 Å². The zero-order chi connectivity index (χ0) is 19.7. The molecular formula is C22H17Cl2FN2O. The van der Waals surface area contributed by atoms with Crippen LogP contribution in [0.25, 0.3) is 0 Å². The van der Waals surface area contributed by atoms with Gasteiger partial charge in [0.25, 0.3) is 0 Å². The van der Waals surface area contributed by atoms with E-state index in [-0.39, 0.29) is 11.9 Å². The Labute approximate surface area is 173 Å². The van der Waals surface area contributed by atoms with Crippen molar-refractivity contribution >= 4 is 34.6 Å². The van der Waals surface area contributed by atoms with Crippen LogP contribution in [0, 0.1) is 5.82 Å². The van der Waals surface area contributed by atoms with Gasteiger partial charge in [-0.3, -0.25) is 5.01 Å². The summed E-state index contributed by atoms with van der Waals surface area (Å²) < 4.78 is 18.9. The largest absolute Gasteiger partial charge is 0.496 e. The predicted octanol–water partition coefficient (Wildman–Crippen LogP) is 6.50. The Bertz CT molecular complexity index is 1040. The molecule has 0 amide bonds. The van der Waals surface area contributed by atoms with Crippen LogP contribution in [-0.4, -0.2) is 12.8 Å². The summed E-state index contributed by atoms with van der Waals surface area (Å²) in [5, 5.41) is 7.81. The molecule has 0 aliphatic carbocycles. The van der Waals surface area contributed by atoms with Crippen LogP contribution >= 0.6 is 23.2 Å². The number of ether oxygens (including phenoxy) is 1. The fourth-order valence-corrected chi connectivity index (χ4v) is 3.77. The molecule has 0 aromatic heterocycles. The lowest BCUT2D eigenvalue weighted by Gasteiger charge is -2.26. The fraction of sp³-hybridized carbons (Fsp3) is 0.136. The molecule has 1 aliphatic heterocycles. The molecule has 0 bridgehead atoms. The van der Waals surface area contributed by atoms with Crippen LogP contribution in [0.2, 0.25) is 10.0 Å². The summed E-state index contributed by atoms with van der Waals surface area (Å²) in [6.07, 6.45) is 0.620. The maximum Gasteiger partial charge on any atom is 0.124 e. The van der Waals surface area contributed by atoms with Gasteiger partial charge >= 0.3 is 0 Å². The topological polar surface area (TPSA) is 24.8 Å². The van der Waals surface area contributed by atoms with Crippen LogP contribution in [0.5, 0.6) is 5.75 Å². The van der Waals surface area contributed by atoms with Gasteiger partial charge in [-0.1, -0.05) is 53.5 Å². The van der Waals surface area contributed by atoms with Crippen molar-refractivity contribution in [1.82, 2.24) is 0 Å². The summed E-state index contributed by atoms with van der Waals surface area (Å²) in [5.41, 5.74) is 3.40. The van der Waals surface area contributed by atoms with Crippen molar-refractivity contribution < 1.29 is 9.13 Å². The molecule has 1 heterocycles. The number of methoxy groups -OCH3 is 1. The SMILES string of the molecule is COc1ccccc1C1CC(c2ccc(F)cc2)=NN1c1cc(Cl)ccc1Cl. The molecule has 0 fully saturated rings. The summed E-state index contributed by atoms with van der Waals surface area (Å²) >= 11 is 12.7. The van der Waals surface area contributed by atoms with Crippen LogP contribution in [0.4, 0.5) is 10.1 Å². The van der Waals surface area contributed by atoms with Crippen molar-refractivity contribution in [2.45, 2.75) is 12.5 Å². The summed E-state index contributed by atoms with van der Waals surface area (Å²) in [7, 11) is 1.65. The minimum absolute atomic E-state index is 0.132. The highest BCUT2D eigenvalue weighted by Crippen LogP contribution is 2.43. The van der Waals surface area contributed by atoms with Gasteiger partial charge in [0.05, 0.1) is 29.6 Å². The normalized spacial score (nSPS) is 16.2. The quantitative estimate of drug-likeness (QED) is 0.486. The molecule has 6 heteroatoms. The highest BCUT2D eigenvalue weighted by Gasteiger charge is 2.33. The van der Waals surface area contributed by atoms with E-state index in [0.29, 0.717) is 22.2 Å². The number of hydrogen-bond donors (Lipinski definition) is 0. The smallest absolute Gasteiger partial charge is 0.124 e. The molecule has 1 aliphatic rings. The third-order valence-electron chi connectivity index (χ3n) is 4.74. The molecule has 0 N–H and O–H groups in total. The number of hydrazone groups is 1. The Balaban J connectivity index is 1.83. The first kappa shape index (κ1) is 18.8. The second kappa shape index (κ2) is 7.82. The average molecular weight is 415 g/mol. The van der Waals surface area contributed by atoms with Gasteiger partial charge in [-0.05, 0) is 42.0 Å². The number of benzene rings is 3. The number of hydrogen-bond acceptors (Lipinski definition) is 3. The number of para-hydroxylation sites is 1. The molecule has 3 aromatic carbocycles. The highest BCUT2D eigenvalue weighted by atomic mass is 35.5. The van der Waals surface area contributed by atoms with E-state index in [4.69, 9.17) is 33.0 Å². The minimum atomic E-state index is -0.279. The first-order valence-electron chi connectivity index (χ1n) is 8.77. The molecular weight excluding hydrogens is 398 g/mol. The Hall–Kier alpha value is -2.56. The molecule has 142 valence electrons. The van der Waals surface area contributed by atoms with Gasteiger partial charge in [0, 0.05) is 17.0 Å². The van der Waals surface area contributed by atoms with E-state index >= 15 is 0 Å². The molecule has 1 unspecified atom stereocenters. The number of nitrogens with zero attached hydrogens (tertiary/aromatic N) is 2. The summed E-state index contributed by atoms with van der Waals surface area (Å²) in [4.78, 5) is 0. The second-order valence-corrected chi connectivity index (χ2v) is 7.30. The third-order valence-corrected chi connectivity index (χ3v) is 5.30. The average Bonchev–Trinajstić information content (AvgIpc) is 3.15. The first-order chi connectivity index (χ1) is 13.6. The zero-order valence-corrected chi connectivity index (χ0v) is 16.6. The molecule has 0 saturated heterocycles. The lowest BCUT2D eigenvalue weighted by molar-refractivity contribution is 0.405. The van der Waals surface area contributed by atoms with Crippen molar-refractivity contribution in [3.8, 4) is 5.75 Å². The molecule has 3 nitrogen and oxygen atoms in total. The lowest BCUT2D eigenvalue weighted by atomic mass is 9.97. The predicted molar refractivity (Wildman–Crippen MR) is 112 cm³/mol. The maximum atomic E-state index is 13.4. The molecule has 1 atom stereocenters. The van der Waals surface area contributed by atoms with Crippen molar-refractivity contribution in [2.24, 2.45) is 5.10 Å². The third kappa shape index (κ3) is 3.58. The van der Waals surface area contributed by atoms with Crippen LogP contribution in [0.1, 0.15) is 23.6 Å². The second-order valence-electron chi connectivity index (χ2n) is 6.46. The highest BCUT2D eigenvalue weighted by molar-refractivity contribution is 6.35. The maximum absolute atomic E-state index is 13.4. The van der Waals surface area contributed by atoms with E-state index in [2.05, 4.69) is 0 Å². The van der Waals surface area contributed by atoms with Crippen LogP contribution in [0.15, 0.2) is 71.8 Å². The van der Waals surface area contributed by atoms with Crippen LogP contribution < -0.4 is 9.75 Å². The van der Waals surface area contributed by atoms with E-state index in [9.17, 15) is 4.39 Å². The molecule has 0 radical (unpaired) electrons. The van der Waals surface area contributed by atoms with E-state index in [1.54, 1.807) is 37.4 Å². The Morgan fingerprint density at radius 2 is 1.79 bits per heavy atom.